The highest BCUT2D eigenvalue weighted by molar-refractivity contribution is 6.27. The maximum absolute atomic E-state index is 13.4. The average Bonchev–Trinajstić information content (AvgIpc) is 3.76. The third kappa shape index (κ3) is 9.12. The molecule has 0 spiro atoms. The molecule has 15 heteroatoms. The van der Waals surface area contributed by atoms with E-state index in [2.05, 4.69) is 10.6 Å². The summed E-state index contributed by atoms with van der Waals surface area (Å²) in [5, 5.41) is 6.61. The number of halogens is 5. The van der Waals surface area contributed by atoms with E-state index < -0.39 is 0 Å². The maximum atomic E-state index is 13.4. The second-order valence-corrected chi connectivity index (χ2v) is 13.4. The van der Waals surface area contributed by atoms with Crippen LogP contribution >= 0.6 is 11.6 Å². The smallest absolute Gasteiger partial charge is 0.237 e. The number of rotatable bonds is 8. The summed E-state index contributed by atoms with van der Waals surface area (Å²) >= 11 is 5.68. The minimum atomic E-state index is -0.334. The molecule has 4 aromatic carbocycles. The van der Waals surface area contributed by atoms with Crippen LogP contribution in [0.4, 0.5) is 40.6 Å². The predicted molar refractivity (Wildman–Crippen MR) is 213 cm³/mol. The summed E-state index contributed by atoms with van der Waals surface area (Å²) in [7, 11) is 0. The van der Waals surface area contributed by atoms with Crippen molar-refractivity contribution >= 4 is 46.4 Å². The van der Waals surface area contributed by atoms with Gasteiger partial charge < -0.3 is 29.6 Å². The van der Waals surface area contributed by atoms with Crippen LogP contribution in [0.2, 0.25) is 0 Å². The number of benzene rings is 4. The van der Waals surface area contributed by atoms with Gasteiger partial charge in [0.15, 0.2) is 0 Å². The van der Waals surface area contributed by atoms with Gasteiger partial charge in [0.05, 0.1) is 13.1 Å². The number of nitrogens with zero attached hydrogens (tertiary/aromatic N) is 6. The molecule has 6 aromatic rings. The fraction of sp³-hybridized carbons (Fsp3) is 0.238. The largest absolute Gasteiger partial charge is 0.340 e. The Balaban J connectivity index is 0.000000189. The summed E-state index contributed by atoms with van der Waals surface area (Å²) < 4.78 is 57.2. The molecule has 2 N–H and O–H groups in total. The van der Waals surface area contributed by atoms with Crippen LogP contribution in [-0.2, 0) is 35.8 Å². The molecule has 2 amide bonds. The fourth-order valence-electron chi connectivity index (χ4n) is 6.61. The second kappa shape index (κ2) is 17.8. The van der Waals surface area contributed by atoms with Gasteiger partial charge in [-0.1, -0.05) is 14.4 Å². The van der Waals surface area contributed by atoms with Gasteiger partial charge in [0.25, 0.3) is 0 Å². The van der Waals surface area contributed by atoms with Gasteiger partial charge in [-0.25, -0.2) is 27.5 Å². The first-order chi connectivity index (χ1) is 27.1. The molecule has 10 nitrogen and oxygen atoms in total. The van der Waals surface area contributed by atoms with E-state index in [1.165, 1.54) is 48.5 Å². The Kier molecular flexibility index (Phi) is 12.6. The molecule has 57 heavy (non-hydrogen) atoms. The SMILES string of the molecule is C.CCC(=O)N1CCn2c(nc(-c3ccc(F)cc3)c2Nc2ccc(F)cc2)C1.O=C(CCl)N1CCn2c(nc(-c3ccc(F)cc3)c2Nc2ccc(F)cc2)C1. The minimum absolute atomic E-state index is 0. The van der Waals surface area contributed by atoms with Crippen molar-refractivity contribution in [2.45, 2.75) is 47.0 Å². The summed E-state index contributed by atoms with van der Waals surface area (Å²) in [6.45, 7) is 4.84. The van der Waals surface area contributed by atoms with Crippen molar-refractivity contribution in [2.75, 3.05) is 29.6 Å². The van der Waals surface area contributed by atoms with Gasteiger partial charge in [-0.2, -0.15) is 0 Å². The lowest BCUT2D eigenvalue weighted by Gasteiger charge is -2.28. The molecule has 0 unspecified atom stereocenters. The van der Waals surface area contributed by atoms with Crippen molar-refractivity contribution in [1.29, 1.82) is 0 Å². The zero-order valence-electron chi connectivity index (χ0n) is 30.3. The highest BCUT2D eigenvalue weighted by Gasteiger charge is 2.28. The van der Waals surface area contributed by atoms with Crippen molar-refractivity contribution in [2.24, 2.45) is 0 Å². The average molecular weight is 801 g/mol. The quantitative estimate of drug-likeness (QED) is 0.118. The molecule has 0 fully saturated rings. The molecular weight excluding hydrogens is 760 g/mol. The van der Waals surface area contributed by atoms with Crippen LogP contribution in [-0.4, -0.2) is 59.7 Å². The number of fused-ring (bicyclic) bond motifs is 2. The van der Waals surface area contributed by atoms with Crippen molar-refractivity contribution in [3.63, 3.8) is 0 Å². The number of alkyl halides is 1. The van der Waals surface area contributed by atoms with Gasteiger partial charge in [0.2, 0.25) is 11.8 Å². The number of hydrogen-bond donors (Lipinski definition) is 2. The first kappa shape index (κ1) is 40.5. The third-order valence-corrected chi connectivity index (χ3v) is 9.74. The Bertz CT molecular complexity index is 2170. The lowest BCUT2D eigenvalue weighted by Crippen LogP contribution is -2.39. The van der Waals surface area contributed by atoms with Crippen LogP contribution in [0.3, 0.4) is 0 Å². The highest BCUT2D eigenvalue weighted by Crippen LogP contribution is 2.35. The molecule has 2 aliphatic rings. The third-order valence-electron chi connectivity index (χ3n) is 9.52. The summed E-state index contributed by atoms with van der Waals surface area (Å²) in [6, 6.07) is 24.3. The Morgan fingerprint density at radius 2 is 0.930 bits per heavy atom. The summed E-state index contributed by atoms with van der Waals surface area (Å²) in [5.74, 6) is 1.50. The number of imidazole rings is 2. The number of amides is 2. The second-order valence-electron chi connectivity index (χ2n) is 13.1. The minimum Gasteiger partial charge on any atom is -0.340 e. The molecule has 2 aromatic heterocycles. The van der Waals surface area contributed by atoms with Crippen LogP contribution in [0.25, 0.3) is 22.5 Å². The molecule has 296 valence electrons. The Morgan fingerprint density at radius 3 is 1.28 bits per heavy atom. The van der Waals surface area contributed by atoms with E-state index in [0.717, 1.165) is 28.5 Å². The fourth-order valence-corrected chi connectivity index (χ4v) is 6.78. The number of nitrogens with one attached hydrogen (secondary N) is 2. The van der Waals surface area contributed by atoms with Crippen LogP contribution in [0.5, 0.6) is 0 Å². The van der Waals surface area contributed by atoms with Crippen LogP contribution in [0.1, 0.15) is 32.4 Å². The zero-order valence-corrected chi connectivity index (χ0v) is 31.0. The summed E-state index contributed by atoms with van der Waals surface area (Å²) in [6.07, 6.45) is 0.451. The molecule has 0 radical (unpaired) electrons. The standard InChI is InChI=1S/C21H20F2N4O.C20H17ClF2N4O.CH4/c1-2-19(28)26-11-12-27-18(13-26)25-20(14-3-5-15(22)6-4-14)21(27)24-17-9-7-16(23)8-10-17;21-11-18(28)26-9-10-27-17(12-26)25-19(13-1-3-14(22)4-2-13)20(27)24-16-7-5-15(23)6-8-16;/h3-10,24H,2,11-13H2,1H3;1-8,24H,9-12H2;1H4. The van der Waals surface area contributed by atoms with Crippen LogP contribution < -0.4 is 10.6 Å². The topological polar surface area (TPSA) is 100 Å². The molecule has 2 aliphatic heterocycles. The van der Waals surface area contributed by atoms with E-state index in [1.54, 1.807) is 58.3 Å². The van der Waals surface area contributed by atoms with E-state index >= 15 is 0 Å². The lowest BCUT2D eigenvalue weighted by atomic mass is 10.1. The van der Waals surface area contributed by atoms with Gasteiger partial charge in [0, 0.05) is 55.1 Å². The van der Waals surface area contributed by atoms with Gasteiger partial charge in [-0.15, -0.1) is 11.6 Å². The number of anilines is 4. The molecule has 8 rings (SSSR count). The lowest BCUT2D eigenvalue weighted by molar-refractivity contribution is -0.132. The molecular formula is C42H41ClF4N8O2. The number of carbonyl (C=O) groups is 2. The van der Waals surface area contributed by atoms with Gasteiger partial charge in [0.1, 0.15) is 63.8 Å². The summed E-state index contributed by atoms with van der Waals surface area (Å²) in [4.78, 5) is 36.9. The number of hydrogen-bond acceptors (Lipinski definition) is 6. The van der Waals surface area contributed by atoms with Crippen molar-refractivity contribution in [3.05, 3.63) is 132 Å². The predicted octanol–water partition coefficient (Wildman–Crippen LogP) is 9.11. The normalized spacial score (nSPS) is 13.1. The van der Waals surface area contributed by atoms with Crippen LogP contribution in [0, 0.1) is 23.3 Å². The number of carbonyl (C=O) groups excluding carboxylic acids is 2. The van der Waals surface area contributed by atoms with E-state index in [1.807, 2.05) is 16.1 Å². The maximum Gasteiger partial charge on any atom is 0.237 e. The Hall–Kier alpha value is -6.15. The Morgan fingerprint density at radius 1 is 0.579 bits per heavy atom. The summed E-state index contributed by atoms with van der Waals surface area (Å²) in [5.41, 5.74) is 4.24. The molecule has 0 saturated heterocycles. The van der Waals surface area contributed by atoms with Crippen molar-refractivity contribution < 1.29 is 27.2 Å². The first-order valence-corrected chi connectivity index (χ1v) is 18.5. The molecule has 0 aliphatic carbocycles. The molecule has 0 bridgehead atoms. The van der Waals surface area contributed by atoms with E-state index in [9.17, 15) is 27.2 Å². The molecule has 0 atom stereocenters. The van der Waals surface area contributed by atoms with Gasteiger partial charge in [-0.05, 0) is 97.1 Å². The molecule has 4 heterocycles. The monoisotopic (exact) mass is 800 g/mol. The highest BCUT2D eigenvalue weighted by atomic mass is 35.5. The van der Waals surface area contributed by atoms with Gasteiger partial charge >= 0.3 is 0 Å². The van der Waals surface area contributed by atoms with Crippen molar-refractivity contribution in [1.82, 2.24) is 28.9 Å². The zero-order chi connectivity index (χ0) is 39.3. The van der Waals surface area contributed by atoms with Crippen LogP contribution in [0.15, 0.2) is 97.1 Å². The van der Waals surface area contributed by atoms with Crippen molar-refractivity contribution in [3.8, 4) is 22.5 Å². The Labute approximate surface area is 332 Å². The van der Waals surface area contributed by atoms with E-state index in [-0.39, 0.29) is 48.4 Å². The van der Waals surface area contributed by atoms with Gasteiger partial charge in [-0.3, -0.25) is 9.59 Å². The molecule has 0 saturated carbocycles. The van der Waals surface area contributed by atoms with E-state index in [4.69, 9.17) is 21.6 Å². The first-order valence-electron chi connectivity index (χ1n) is 18.0. The number of aromatic nitrogens is 4. The van der Waals surface area contributed by atoms with E-state index in [0.29, 0.717) is 74.4 Å².